The standard InChI is InChI=1S/C21H24N2O2S/c24-26(25)20-11-5-4-10-19(20)16-21(26)23-13-7-6-12-22(14-15-23)17-18-8-2-1-3-9-18/h1-5,8-11,16H,6-7,12-15,17H2. The SMILES string of the molecule is O=S1(=O)C(N2CCCCN(Cc3ccccc3)CC2)=Cc2ccccc21. The van der Waals surface area contributed by atoms with Gasteiger partial charge >= 0.3 is 0 Å². The maximum atomic E-state index is 12.9. The van der Waals surface area contributed by atoms with Gasteiger partial charge in [-0.2, -0.15) is 0 Å². The van der Waals surface area contributed by atoms with Crippen LogP contribution in [-0.2, 0) is 16.4 Å². The first-order valence-electron chi connectivity index (χ1n) is 9.22. The summed E-state index contributed by atoms with van der Waals surface area (Å²) in [6.07, 6.45) is 3.94. The van der Waals surface area contributed by atoms with Crippen molar-refractivity contribution in [3.05, 3.63) is 70.8 Å². The number of hydrogen-bond acceptors (Lipinski definition) is 4. The molecule has 1 saturated heterocycles. The van der Waals surface area contributed by atoms with Gasteiger partial charge in [0, 0.05) is 26.2 Å². The second-order valence-electron chi connectivity index (χ2n) is 6.98. The van der Waals surface area contributed by atoms with E-state index in [0.717, 1.165) is 51.1 Å². The first kappa shape index (κ1) is 17.3. The fourth-order valence-electron chi connectivity index (χ4n) is 3.77. The molecule has 2 aliphatic heterocycles. The molecule has 0 saturated carbocycles. The van der Waals surface area contributed by atoms with Crippen molar-refractivity contribution in [3.63, 3.8) is 0 Å². The fraction of sp³-hybridized carbons (Fsp3) is 0.333. The summed E-state index contributed by atoms with van der Waals surface area (Å²) in [5, 5.41) is 0.472. The summed E-state index contributed by atoms with van der Waals surface area (Å²) in [4.78, 5) is 4.93. The van der Waals surface area contributed by atoms with Gasteiger partial charge in [0.2, 0.25) is 9.84 Å². The number of fused-ring (bicyclic) bond motifs is 1. The predicted octanol–water partition coefficient (Wildman–Crippen LogP) is 3.37. The minimum Gasteiger partial charge on any atom is -0.361 e. The highest BCUT2D eigenvalue weighted by molar-refractivity contribution is 7.95. The molecule has 136 valence electrons. The summed E-state index contributed by atoms with van der Waals surface area (Å²) in [5.41, 5.74) is 2.12. The van der Waals surface area contributed by atoms with E-state index in [4.69, 9.17) is 0 Å². The van der Waals surface area contributed by atoms with Crippen LogP contribution in [0.1, 0.15) is 24.0 Å². The Morgan fingerprint density at radius 1 is 0.808 bits per heavy atom. The molecule has 0 unspecified atom stereocenters. The van der Waals surface area contributed by atoms with Crippen LogP contribution in [0.25, 0.3) is 6.08 Å². The smallest absolute Gasteiger partial charge is 0.222 e. The molecule has 0 amide bonds. The van der Waals surface area contributed by atoms with Crippen molar-refractivity contribution in [3.8, 4) is 0 Å². The van der Waals surface area contributed by atoms with Crippen LogP contribution >= 0.6 is 0 Å². The Labute approximate surface area is 155 Å². The van der Waals surface area contributed by atoms with Crippen LogP contribution in [0.3, 0.4) is 0 Å². The average molecular weight is 369 g/mol. The highest BCUT2D eigenvalue weighted by Gasteiger charge is 2.33. The van der Waals surface area contributed by atoms with Crippen molar-refractivity contribution in [1.82, 2.24) is 9.80 Å². The molecule has 2 heterocycles. The van der Waals surface area contributed by atoms with E-state index in [1.54, 1.807) is 12.1 Å². The van der Waals surface area contributed by atoms with Gasteiger partial charge in [-0.15, -0.1) is 0 Å². The Balaban J connectivity index is 1.50. The summed E-state index contributed by atoms with van der Waals surface area (Å²) in [7, 11) is -3.38. The highest BCUT2D eigenvalue weighted by atomic mass is 32.2. The lowest BCUT2D eigenvalue weighted by atomic mass is 10.1. The van der Waals surface area contributed by atoms with Gasteiger partial charge < -0.3 is 4.90 Å². The monoisotopic (exact) mass is 368 g/mol. The van der Waals surface area contributed by atoms with Gasteiger partial charge in [0.1, 0.15) is 5.03 Å². The van der Waals surface area contributed by atoms with Crippen molar-refractivity contribution in [1.29, 1.82) is 0 Å². The van der Waals surface area contributed by atoms with E-state index in [2.05, 4.69) is 34.1 Å². The molecule has 0 N–H and O–H groups in total. The molecule has 5 heteroatoms. The quantitative estimate of drug-likeness (QED) is 0.833. The molecule has 0 spiro atoms. The van der Waals surface area contributed by atoms with E-state index in [1.807, 2.05) is 24.3 Å². The van der Waals surface area contributed by atoms with E-state index in [-0.39, 0.29) is 0 Å². The van der Waals surface area contributed by atoms with Crippen LogP contribution in [0.5, 0.6) is 0 Å². The first-order valence-corrected chi connectivity index (χ1v) is 10.7. The lowest BCUT2D eigenvalue weighted by molar-refractivity contribution is 0.198. The third kappa shape index (κ3) is 3.41. The fourth-order valence-corrected chi connectivity index (χ4v) is 5.50. The van der Waals surface area contributed by atoms with Crippen molar-refractivity contribution < 1.29 is 8.42 Å². The average Bonchev–Trinajstić information content (AvgIpc) is 2.90. The third-order valence-electron chi connectivity index (χ3n) is 5.16. The van der Waals surface area contributed by atoms with E-state index in [0.29, 0.717) is 9.92 Å². The Kier molecular flexibility index (Phi) is 4.83. The van der Waals surface area contributed by atoms with E-state index in [1.165, 1.54) is 5.56 Å². The molecular formula is C21H24N2O2S. The molecule has 2 aliphatic rings. The summed E-state index contributed by atoms with van der Waals surface area (Å²) in [6.45, 7) is 4.40. The largest absolute Gasteiger partial charge is 0.361 e. The lowest BCUT2D eigenvalue weighted by Crippen LogP contribution is -2.39. The Hall–Kier alpha value is -2.11. The summed E-state index contributed by atoms with van der Waals surface area (Å²) in [6, 6.07) is 17.7. The third-order valence-corrected chi connectivity index (χ3v) is 7.04. The van der Waals surface area contributed by atoms with Gasteiger partial charge in [-0.05, 0) is 42.7 Å². The molecule has 0 bridgehead atoms. The molecule has 1 fully saturated rings. The van der Waals surface area contributed by atoms with Crippen LogP contribution in [0, 0.1) is 0 Å². The number of benzene rings is 2. The lowest BCUT2D eigenvalue weighted by Gasteiger charge is -2.32. The van der Waals surface area contributed by atoms with Crippen LogP contribution in [0.4, 0.5) is 0 Å². The van der Waals surface area contributed by atoms with Crippen LogP contribution in [-0.4, -0.2) is 44.4 Å². The maximum absolute atomic E-state index is 12.9. The van der Waals surface area contributed by atoms with Gasteiger partial charge in [0.05, 0.1) is 4.90 Å². The second-order valence-corrected chi connectivity index (χ2v) is 8.84. The zero-order chi connectivity index (χ0) is 18.0. The molecule has 2 aromatic carbocycles. The molecule has 4 nitrogen and oxygen atoms in total. The number of hydrogen-bond donors (Lipinski definition) is 0. The van der Waals surface area contributed by atoms with Crippen molar-refractivity contribution in [2.75, 3.05) is 26.2 Å². The van der Waals surface area contributed by atoms with Crippen LogP contribution < -0.4 is 0 Å². The van der Waals surface area contributed by atoms with Crippen molar-refractivity contribution in [2.24, 2.45) is 0 Å². The topological polar surface area (TPSA) is 40.6 Å². The normalized spacial score (nSPS) is 20.2. The van der Waals surface area contributed by atoms with Crippen molar-refractivity contribution in [2.45, 2.75) is 24.3 Å². The summed E-state index contributed by atoms with van der Waals surface area (Å²) >= 11 is 0. The first-order chi connectivity index (χ1) is 12.6. The van der Waals surface area contributed by atoms with Gasteiger partial charge in [-0.25, -0.2) is 8.42 Å². The van der Waals surface area contributed by atoms with Gasteiger partial charge in [-0.3, -0.25) is 4.90 Å². The number of sulfone groups is 1. The summed E-state index contributed by atoms with van der Waals surface area (Å²) < 4.78 is 25.9. The number of rotatable bonds is 3. The predicted molar refractivity (Wildman–Crippen MR) is 104 cm³/mol. The molecule has 0 radical (unpaired) electrons. The van der Waals surface area contributed by atoms with Crippen molar-refractivity contribution >= 4 is 15.9 Å². The molecular weight excluding hydrogens is 344 g/mol. The molecule has 4 rings (SSSR count). The molecule has 26 heavy (non-hydrogen) atoms. The zero-order valence-electron chi connectivity index (χ0n) is 14.8. The number of nitrogens with zero attached hydrogens (tertiary/aromatic N) is 2. The Morgan fingerprint density at radius 3 is 2.35 bits per heavy atom. The molecule has 0 aliphatic carbocycles. The molecule has 0 atom stereocenters. The molecule has 2 aromatic rings. The molecule has 0 aromatic heterocycles. The van der Waals surface area contributed by atoms with Gasteiger partial charge in [-0.1, -0.05) is 48.5 Å². The van der Waals surface area contributed by atoms with Gasteiger partial charge in [0.15, 0.2) is 0 Å². The Bertz CT molecular complexity index is 907. The van der Waals surface area contributed by atoms with E-state index < -0.39 is 9.84 Å². The van der Waals surface area contributed by atoms with Crippen LogP contribution in [0.2, 0.25) is 0 Å². The highest BCUT2D eigenvalue weighted by Crippen LogP contribution is 2.34. The minimum absolute atomic E-state index is 0.443. The van der Waals surface area contributed by atoms with Crippen LogP contribution in [0.15, 0.2) is 64.5 Å². The zero-order valence-corrected chi connectivity index (χ0v) is 15.7. The second kappa shape index (κ2) is 7.25. The summed E-state index contributed by atoms with van der Waals surface area (Å²) in [5.74, 6) is 0. The Morgan fingerprint density at radius 2 is 1.54 bits per heavy atom. The van der Waals surface area contributed by atoms with Gasteiger partial charge in [0.25, 0.3) is 0 Å². The van der Waals surface area contributed by atoms with E-state index in [9.17, 15) is 8.42 Å². The minimum atomic E-state index is -3.38. The van der Waals surface area contributed by atoms with E-state index >= 15 is 0 Å². The maximum Gasteiger partial charge on any atom is 0.222 e.